The van der Waals surface area contributed by atoms with Gasteiger partial charge in [0, 0.05) is 28.7 Å². The van der Waals surface area contributed by atoms with Gasteiger partial charge in [0.15, 0.2) is 5.17 Å². The summed E-state index contributed by atoms with van der Waals surface area (Å²) in [6, 6.07) is 15.5. The molecule has 1 aromatic heterocycles. The maximum absolute atomic E-state index is 13.7. The summed E-state index contributed by atoms with van der Waals surface area (Å²) in [5.74, 6) is 0.343. The van der Waals surface area contributed by atoms with Crippen molar-refractivity contribution in [3.8, 4) is 5.75 Å². The summed E-state index contributed by atoms with van der Waals surface area (Å²) >= 11 is 1.41. The average Bonchev–Trinajstić information content (AvgIpc) is 3.36. The molecule has 0 radical (unpaired) electrons. The third kappa shape index (κ3) is 4.84. The van der Waals surface area contributed by atoms with E-state index in [1.54, 1.807) is 7.11 Å². The van der Waals surface area contributed by atoms with Gasteiger partial charge in [-0.2, -0.15) is 0 Å². The highest BCUT2D eigenvalue weighted by molar-refractivity contribution is 8.18. The number of primary amides is 1. The molecule has 0 atom stereocenters. The number of fused-ring (bicyclic) bond motifs is 1. The summed E-state index contributed by atoms with van der Waals surface area (Å²) in [5.41, 5.74) is 8.02. The highest BCUT2D eigenvalue weighted by Crippen LogP contribution is 2.39. The van der Waals surface area contributed by atoms with Crippen LogP contribution in [0.2, 0.25) is 0 Å². The highest BCUT2D eigenvalue weighted by Gasteiger charge is 2.38. The van der Waals surface area contributed by atoms with Gasteiger partial charge in [0.2, 0.25) is 5.91 Å². The summed E-state index contributed by atoms with van der Waals surface area (Å²) < 4.78 is 7.09. The average molecular weight is 489 g/mol. The smallest absolute Gasteiger partial charge is 0.267 e. The first kappa shape index (κ1) is 23.2. The Kier molecular flexibility index (Phi) is 6.63. The summed E-state index contributed by atoms with van der Waals surface area (Å²) in [5, 5.41) is 1.68. The van der Waals surface area contributed by atoms with Crippen LogP contribution in [0.15, 0.2) is 64.6 Å². The highest BCUT2D eigenvalue weighted by atomic mass is 32.2. The van der Waals surface area contributed by atoms with Crippen molar-refractivity contribution in [3.05, 3.63) is 65.2 Å². The number of aliphatic imine (C=N–C) groups is 1. The Morgan fingerprint density at radius 1 is 1.14 bits per heavy atom. The molecule has 2 aromatic carbocycles. The number of carbonyl (C=O) groups excluding carboxylic acids is 2. The van der Waals surface area contributed by atoms with Gasteiger partial charge in [-0.25, -0.2) is 4.99 Å². The van der Waals surface area contributed by atoms with E-state index in [9.17, 15) is 9.59 Å². The van der Waals surface area contributed by atoms with Crippen LogP contribution in [0, 0.1) is 0 Å². The van der Waals surface area contributed by atoms with Crippen LogP contribution in [0.3, 0.4) is 0 Å². The lowest BCUT2D eigenvalue weighted by molar-refractivity contribution is -0.124. The number of para-hydroxylation sites is 1. The van der Waals surface area contributed by atoms with Crippen LogP contribution in [0.5, 0.6) is 5.75 Å². The van der Waals surface area contributed by atoms with E-state index in [0.717, 1.165) is 53.6 Å². The largest absolute Gasteiger partial charge is 0.497 e. The van der Waals surface area contributed by atoms with Crippen LogP contribution < -0.4 is 10.5 Å². The third-order valence-corrected chi connectivity index (χ3v) is 7.49. The number of methoxy groups -OCH3 is 1. The number of rotatable bonds is 6. The zero-order valence-corrected chi connectivity index (χ0v) is 20.5. The maximum Gasteiger partial charge on any atom is 0.267 e. The zero-order valence-electron chi connectivity index (χ0n) is 19.6. The van der Waals surface area contributed by atoms with Crippen molar-refractivity contribution in [2.75, 3.05) is 7.11 Å². The molecular formula is C27H28N4O3S. The van der Waals surface area contributed by atoms with Gasteiger partial charge in [-0.05, 0) is 61.0 Å². The number of thioether (sulfide) groups is 1. The first-order valence-corrected chi connectivity index (χ1v) is 12.7. The second-order valence-electron chi connectivity index (χ2n) is 8.87. The number of ether oxygens (including phenoxy) is 1. The predicted octanol–water partition coefficient (Wildman–Crippen LogP) is 5.07. The van der Waals surface area contributed by atoms with Gasteiger partial charge in [-0.15, -0.1) is 0 Å². The molecule has 8 heteroatoms. The molecule has 0 bridgehead atoms. The van der Waals surface area contributed by atoms with Gasteiger partial charge < -0.3 is 15.0 Å². The predicted molar refractivity (Wildman–Crippen MR) is 141 cm³/mol. The number of benzene rings is 2. The van der Waals surface area contributed by atoms with Crippen molar-refractivity contribution in [1.82, 2.24) is 9.47 Å². The number of nitrogens with zero attached hydrogens (tertiary/aromatic N) is 3. The minimum Gasteiger partial charge on any atom is -0.497 e. The van der Waals surface area contributed by atoms with Gasteiger partial charge in [0.05, 0.1) is 17.7 Å². The van der Waals surface area contributed by atoms with Gasteiger partial charge >= 0.3 is 0 Å². The number of carbonyl (C=O) groups is 2. The number of nitrogens with two attached hydrogens (primary N) is 1. The standard InChI is InChI=1S/C27H28N4O3S/c1-34-21-13-11-19(12-14-21)29-27-31(20-7-3-2-4-8-20)26(33)24(35-27)15-18-16-30(17-25(28)32)23-10-6-5-9-22(18)23/h5-6,9-16,20H,2-4,7-8,17H2,1H3,(H2,28,32). The normalized spacial score (nSPS) is 19.2. The number of amides is 2. The van der Waals surface area contributed by atoms with Crippen molar-refractivity contribution < 1.29 is 14.3 Å². The van der Waals surface area contributed by atoms with Crippen molar-refractivity contribution in [3.63, 3.8) is 0 Å². The number of hydrogen-bond acceptors (Lipinski definition) is 5. The van der Waals surface area contributed by atoms with Crippen molar-refractivity contribution in [1.29, 1.82) is 0 Å². The van der Waals surface area contributed by atoms with Crippen molar-refractivity contribution in [2.45, 2.75) is 44.7 Å². The Labute approximate surface area is 208 Å². The lowest BCUT2D eigenvalue weighted by Gasteiger charge is -2.30. The number of aromatic nitrogens is 1. The molecule has 1 saturated heterocycles. The Morgan fingerprint density at radius 2 is 1.89 bits per heavy atom. The molecule has 35 heavy (non-hydrogen) atoms. The Hall–Kier alpha value is -3.52. The number of amidine groups is 1. The molecule has 2 aliphatic rings. The van der Waals surface area contributed by atoms with Crippen LogP contribution in [0.4, 0.5) is 5.69 Å². The first-order valence-electron chi connectivity index (χ1n) is 11.9. The molecule has 2 amide bonds. The minimum absolute atomic E-state index is 0.0131. The SMILES string of the molecule is COc1ccc(N=C2SC(=Cc3cn(CC(N)=O)c4ccccc34)C(=O)N2C2CCCCC2)cc1. The molecule has 7 nitrogen and oxygen atoms in total. The van der Waals surface area contributed by atoms with Crippen molar-refractivity contribution >= 4 is 51.4 Å². The Balaban J connectivity index is 1.54. The summed E-state index contributed by atoms with van der Waals surface area (Å²) in [6.07, 6.45) is 9.22. The van der Waals surface area contributed by atoms with Gasteiger partial charge in [-0.1, -0.05) is 37.5 Å². The van der Waals surface area contributed by atoms with Crippen LogP contribution >= 0.6 is 11.8 Å². The fraction of sp³-hybridized carbons (Fsp3) is 0.296. The van der Waals surface area contributed by atoms with E-state index < -0.39 is 5.91 Å². The molecule has 0 unspecified atom stereocenters. The molecule has 0 spiro atoms. The fourth-order valence-corrected chi connectivity index (χ4v) is 5.87. The third-order valence-electron chi connectivity index (χ3n) is 6.51. The van der Waals surface area contributed by atoms with Gasteiger partial charge in [0.1, 0.15) is 12.3 Å². The fourth-order valence-electron chi connectivity index (χ4n) is 4.82. The molecule has 2 fully saturated rings. The molecular weight excluding hydrogens is 460 g/mol. The Bertz CT molecular complexity index is 1320. The molecule has 3 aromatic rings. The van der Waals surface area contributed by atoms with E-state index in [-0.39, 0.29) is 18.5 Å². The summed E-state index contributed by atoms with van der Waals surface area (Å²) in [6.45, 7) is 0.0865. The topological polar surface area (TPSA) is 89.9 Å². The maximum atomic E-state index is 13.7. The molecule has 1 aliphatic carbocycles. The van der Waals surface area contributed by atoms with E-state index in [0.29, 0.717) is 10.1 Å². The summed E-state index contributed by atoms with van der Waals surface area (Å²) in [7, 11) is 1.63. The van der Waals surface area contributed by atoms with Crippen LogP contribution in [0.25, 0.3) is 17.0 Å². The quantitative estimate of drug-likeness (QED) is 0.491. The van der Waals surface area contributed by atoms with E-state index >= 15 is 0 Å². The van der Waals surface area contributed by atoms with E-state index in [2.05, 4.69) is 0 Å². The van der Waals surface area contributed by atoms with Crippen molar-refractivity contribution in [2.24, 2.45) is 10.7 Å². The van der Waals surface area contributed by atoms with Crippen LogP contribution in [0.1, 0.15) is 37.7 Å². The second kappa shape index (κ2) is 10.00. The van der Waals surface area contributed by atoms with Gasteiger partial charge in [0.25, 0.3) is 5.91 Å². The molecule has 1 aliphatic heterocycles. The Morgan fingerprint density at radius 3 is 2.60 bits per heavy atom. The van der Waals surface area contributed by atoms with E-state index in [1.807, 2.05) is 70.3 Å². The second-order valence-corrected chi connectivity index (χ2v) is 9.87. The molecule has 5 rings (SSSR count). The zero-order chi connectivity index (χ0) is 24.4. The molecule has 2 N–H and O–H groups in total. The van der Waals surface area contributed by atoms with E-state index in [1.165, 1.54) is 18.2 Å². The minimum atomic E-state index is -0.409. The van der Waals surface area contributed by atoms with E-state index in [4.69, 9.17) is 15.5 Å². The molecule has 2 heterocycles. The van der Waals surface area contributed by atoms with Gasteiger partial charge in [-0.3, -0.25) is 14.5 Å². The molecule has 180 valence electrons. The lowest BCUT2D eigenvalue weighted by atomic mass is 9.94. The summed E-state index contributed by atoms with van der Waals surface area (Å²) in [4.78, 5) is 32.7. The van der Waals surface area contributed by atoms with Crippen LogP contribution in [-0.2, 0) is 16.1 Å². The lowest BCUT2D eigenvalue weighted by Crippen LogP contribution is -2.40. The number of hydrogen-bond donors (Lipinski definition) is 1. The monoisotopic (exact) mass is 488 g/mol. The first-order chi connectivity index (χ1) is 17.0. The molecule has 1 saturated carbocycles. The van der Waals surface area contributed by atoms with Crippen LogP contribution in [-0.4, -0.2) is 39.6 Å².